The van der Waals surface area contributed by atoms with Gasteiger partial charge < -0.3 is 15.2 Å². The van der Waals surface area contributed by atoms with Crippen LogP contribution in [0.4, 0.5) is 5.69 Å². The zero-order valence-corrected chi connectivity index (χ0v) is 14.7. The molecule has 0 bridgehead atoms. The van der Waals surface area contributed by atoms with Crippen molar-refractivity contribution < 1.29 is 23.1 Å². The van der Waals surface area contributed by atoms with Crippen LogP contribution in [0, 0.1) is 0 Å². The average molecular weight is 356 g/mol. The summed E-state index contributed by atoms with van der Waals surface area (Å²) in [6.45, 7) is 4.84. The first-order valence-corrected chi connectivity index (χ1v) is 9.57. The number of nitrogens with one attached hydrogen (secondary N) is 2. The predicted octanol–water partition coefficient (Wildman–Crippen LogP) is 2.05. The number of benzene rings is 1. The molecule has 2 atom stereocenters. The molecule has 1 fully saturated rings. The van der Waals surface area contributed by atoms with Crippen molar-refractivity contribution >= 4 is 21.7 Å². The van der Waals surface area contributed by atoms with Crippen molar-refractivity contribution in [2.75, 3.05) is 18.5 Å². The Bertz CT molecular complexity index is 684. The number of carbonyl (C=O) groups is 1. The summed E-state index contributed by atoms with van der Waals surface area (Å²) in [4.78, 5) is 11.4. The van der Waals surface area contributed by atoms with Crippen LogP contribution in [0.15, 0.2) is 23.1 Å². The Labute approximate surface area is 142 Å². The maximum absolute atomic E-state index is 12.3. The summed E-state index contributed by atoms with van der Waals surface area (Å²) in [5.74, 6) is -1.18. The highest BCUT2D eigenvalue weighted by molar-refractivity contribution is 7.89. The highest BCUT2D eigenvalue weighted by atomic mass is 32.2. The third-order valence-electron chi connectivity index (χ3n) is 4.04. The minimum atomic E-state index is -3.74. The molecule has 3 N–H and O–H groups in total. The van der Waals surface area contributed by atoms with E-state index in [-0.39, 0.29) is 22.6 Å². The molecule has 0 radical (unpaired) electrons. The van der Waals surface area contributed by atoms with Gasteiger partial charge in [-0.25, -0.2) is 17.9 Å². The second-order valence-corrected chi connectivity index (χ2v) is 7.67. The lowest BCUT2D eigenvalue weighted by atomic mass is 10.1. The highest BCUT2D eigenvalue weighted by Crippen LogP contribution is 2.22. The summed E-state index contributed by atoms with van der Waals surface area (Å²) >= 11 is 0. The molecule has 24 heavy (non-hydrogen) atoms. The molecule has 8 heteroatoms. The number of carboxylic acid groups (broad SMARTS) is 1. The van der Waals surface area contributed by atoms with Crippen molar-refractivity contribution in [3.8, 4) is 0 Å². The van der Waals surface area contributed by atoms with E-state index in [9.17, 15) is 18.3 Å². The monoisotopic (exact) mass is 356 g/mol. The molecule has 1 aromatic carbocycles. The molecule has 0 aliphatic carbocycles. The lowest BCUT2D eigenvalue weighted by Crippen LogP contribution is -2.32. The van der Waals surface area contributed by atoms with Crippen LogP contribution >= 0.6 is 0 Å². The van der Waals surface area contributed by atoms with Gasteiger partial charge in [-0.15, -0.1) is 0 Å². The Balaban J connectivity index is 2.20. The lowest BCUT2D eigenvalue weighted by Gasteiger charge is -2.16. The summed E-state index contributed by atoms with van der Waals surface area (Å²) in [7, 11) is -3.74. The molecular formula is C16H24N2O5S. The van der Waals surface area contributed by atoms with Gasteiger partial charge in [0.25, 0.3) is 0 Å². The average Bonchev–Trinajstić information content (AvgIpc) is 3.05. The molecule has 0 saturated carbocycles. The van der Waals surface area contributed by atoms with Crippen LogP contribution in [0.1, 0.15) is 43.5 Å². The molecule has 1 aliphatic heterocycles. The van der Waals surface area contributed by atoms with Gasteiger partial charge in [-0.3, -0.25) is 0 Å². The minimum absolute atomic E-state index is 0.0529. The Morgan fingerprint density at radius 3 is 2.79 bits per heavy atom. The van der Waals surface area contributed by atoms with E-state index < -0.39 is 16.0 Å². The van der Waals surface area contributed by atoms with Gasteiger partial charge in [-0.2, -0.15) is 0 Å². The summed E-state index contributed by atoms with van der Waals surface area (Å²) in [6.07, 6.45) is 2.63. The molecule has 1 aromatic rings. The van der Waals surface area contributed by atoms with E-state index >= 15 is 0 Å². The molecule has 134 valence electrons. The van der Waals surface area contributed by atoms with Crippen LogP contribution < -0.4 is 10.0 Å². The van der Waals surface area contributed by atoms with E-state index in [4.69, 9.17) is 4.74 Å². The van der Waals surface area contributed by atoms with Crippen molar-refractivity contribution in [3.05, 3.63) is 23.8 Å². The molecule has 0 aromatic heterocycles. The first-order chi connectivity index (χ1) is 11.3. The molecule has 2 rings (SSSR count). The predicted molar refractivity (Wildman–Crippen MR) is 90.9 cm³/mol. The molecule has 1 saturated heterocycles. The normalized spacial score (nSPS) is 19.2. The van der Waals surface area contributed by atoms with E-state index in [1.165, 1.54) is 18.2 Å². The van der Waals surface area contributed by atoms with E-state index in [1.54, 1.807) is 6.92 Å². The van der Waals surface area contributed by atoms with Crippen LogP contribution in [-0.2, 0) is 14.8 Å². The molecule has 1 heterocycles. The lowest BCUT2D eigenvalue weighted by molar-refractivity contribution is 0.0697. The first kappa shape index (κ1) is 18.7. The second kappa shape index (κ2) is 7.96. The number of hydrogen-bond acceptors (Lipinski definition) is 5. The number of hydrogen-bond donors (Lipinski definition) is 3. The Kier molecular flexibility index (Phi) is 6.20. The molecule has 2 unspecified atom stereocenters. The largest absolute Gasteiger partial charge is 0.478 e. The van der Waals surface area contributed by atoms with Gasteiger partial charge in [0.2, 0.25) is 10.0 Å². The van der Waals surface area contributed by atoms with Crippen LogP contribution in [0.2, 0.25) is 0 Å². The molecule has 7 nitrogen and oxygen atoms in total. The maximum Gasteiger partial charge on any atom is 0.337 e. The first-order valence-electron chi connectivity index (χ1n) is 8.08. The summed E-state index contributed by atoms with van der Waals surface area (Å²) in [5, 5.41) is 12.4. The van der Waals surface area contributed by atoms with Gasteiger partial charge in [0.15, 0.2) is 0 Å². The van der Waals surface area contributed by atoms with Crippen molar-refractivity contribution in [2.45, 2.75) is 50.2 Å². The Morgan fingerprint density at radius 1 is 1.46 bits per heavy atom. The Morgan fingerprint density at radius 2 is 2.21 bits per heavy atom. The van der Waals surface area contributed by atoms with Gasteiger partial charge in [0.05, 0.1) is 16.6 Å². The number of aromatic carboxylic acids is 1. The summed E-state index contributed by atoms with van der Waals surface area (Å²) in [6, 6.07) is 3.87. The van der Waals surface area contributed by atoms with E-state index in [2.05, 4.69) is 10.0 Å². The molecule has 0 spiro atoms. The van der Waals surface area contributed by atoms with Gasteiger partial charge >= 0.3 is 5.97 Å². The van der Waals surface area contributed by atoms with Crippen LogP contribution in [-0.4, -0.2) is 44.8 Å². The highest BCUT2D eigenvalue weighted by Gasteiger charge is 2.21. The third-order valence-corrected chi connectivity index (χ3v) is 5.63. The SMILES string of the molecule is CCC(C)NS(=O)(=O)c1ccc(NCC2CCCO2)c(C(=O)O)c1. The number of sulfonamides is 1. The fraction of sp³-hybridized carbons (Fsp3) is 0.562. The number of rotatable bonds is 8. The van der Waals surface area contributed by atoms with Gasteiger partial charge in [0, 0.05) is 24.9 Å². The smallest absolute Gasteiger partial charge is 0.337 e. The standard InChI is InChI=1S/C16H24N2O5S/c1-3-11(2)18-24(21,22)13-6-7-15(14(9-13)16(19)20)17-10-12-5-4-8-23-12/h6-7,9,11-12,17-18H,3-5,8,10H2,1-2H3,(H,19,20). The zero-order valence-electron chi connectivity index (χ0n) is 13.9. The second-order valence-electron chi connectivity index (χ2n) is 5.96. The van der Waals surface area contributed by atoms with Crippen molar-refractivity contribution in [1.29, 1.82) is 0 Å². The number of ether oxygens (including phenoxy) is 1. The molecular weight excluding hydrogens is 332 g/mol. The third kappa shape index (κ3) is 4.68. The quantitative estimate of drug-likeness (QED) is 0.658. The number of anilines is 1. The van der Waals surface area contributed by atoms with Crippen molar-refractivity contribution in [3.63, 3.8) is 0 Å². The van der Waals surface area contributed by atoms with Crippen molar-refractivity contribution in [1.82, 2.24) is 4.72 Å². The van der Waals surface area contributed by atoms with E-state index in [0.29, 0.717) is 18.7 Å². The fourth-order valence-electron chi connectivity index (χ4n) is 2.47. The topological polar surface area (TPSA) is 105 Å². The van der Waals surface area contributed by atoms with Crippen LogP contribution in [0.25, 0.3) is 0 Å². The van der Waals surface area contributed by atoms with Gasteiger partial charge in [-0.05, 0) is 44.4 Å². The molecule has 0 amide bonds. The number of carboxylic acids is 1. The maximum atomic E-state index is 12.3. The zero-order chi connectivity index (χ0) is 17.7. The van der Waals surface area contributed by atoms with Crippen LogP contribution in [0.5, 0.6) is 0 Å². The van der Waals surface area contributed by atoms with Crippen molar-refractivity contribution in [2.24, 2.45) is 0 Å². The van der Waals surface area contributed by atoms with Gasteiger partial charge in [-0.1, -0.05) is 6.92 Å². The summed E-state index contributed by atoms with van der Waals surface area (Å²) in [5.41, 5.74) is 0.320. The van der Waals surface area contributed by atoms with E-state index in [1.807, 2.05) is 6.92 Å². The minimum Gasteiger partial charge on any atom is -0.478 e. The fourth-order valence-corrected chi connectivity index (χ4v) is 3.82. The van der Waals surface area contributed by atoms with Crippen LogP contribution in [0.3, 0.4) is 0 Å². The van der Waals surface area contributed by atoms with E-state index in [0.717, 1.165) is 19.4 Å². The van der Waals surface area contributed by atoms with Gasteiger partial charge in [0.1, 0.15) is 0 Å². The molecule has 1 aliphatic rings. The summed E-state index contributed by atoms with van der Waals surface area (Å²) < 4.78 is 32.6. The Hall–Kier alpha value is -1.64.